The smallest absolute Gasteiger partial charge is 0.135 e. The number of hydrogen-bond donors (Lipinski definition) is 0. The van der Waals surface area contributed by atoms with Crippen molar-refractivity contribution in [3.63, 3.8) is 0 Å². The molecule has 1 aromatic rings. The molecule has 0 aromatic carbocycles. The monoisotopic (exact) mass is 309 g/mol. The highest BCUT2D eigenvalue weighted by Gasteiger charge is 2.29. The number of piperidine rings is 1. The fraction of sp³-hybridized carbons (Fsp3) is 0.714. The van der Waals surface area contributed by atoms with Crippen LogP contribution in [0.4, 0.5) is 5.82 Å². The summed E-state index contributed by atoms with van der Waals surface area (Å²) in [4.78, 5) is 11.8. The largest absolute Gasteiger partial charge is 0.354 e. The molecule has 0 amide bonds. The quantitative estimate of drug-likeness (QED) is 0.779. The van der Waals surface area contributed by atoms with E-state index in [1.54, 1.807) is 0 Å². The van der Waals surface area contributed by atoms with Crippen molar-refractivity contribution in [2.24, 2.45) is 5.92 Å². The zero-order valence-corrected chi connectivity index (χ0v) is 12.7. The molecule has 2 fully saturated rings. The summed E-state index contributed by atoms with van der Waals surface area (Å²) < 4.78 is 0.930. The van der Waals surface area contributed by atoms with E-state index in [0.717, 1.165) is 28.7 Å². The number of nitrogens with zero attached hydrogens (tertiary/aromatic N) is 3. The minimum Gasteiger partial charge on any atom is -0.354 e. The highest BCUT2D eigenvalue weighted by molar-refractivity contribution is 9.10. The summed E-state index contributed by atoms with van der Waals surface area (Å²) in [5.74, 6) is 3.51. The fourth-order valence-electron chi connectivity index (χ4n) is 2.70. The molecule has 1 saturated carbocycles. The van der Waals surface area contributed by atoms with Gasteiger partial charge in [-0.15, -0.1) is 0 Å². The van der Waals surface area contributed by atoms with Crippen LogP contribution in [0.3, 0.4) is 0 Å². The van der Waals surface area contributed by atoms with Crippen molar-refractivity contribution in [1.82, 2.24) is 9.97 Å². The van der Waals surface area contributed by atoms with Crippen LogP contribution in [0.1, 0.15) is 51.3 Å². The van der Waals surface area contributed by atoms with Gasteiger partial charge in [0.25, 0.3) is 0 Å². The molecule has 1 aromatic heterocycles. The Labute approximate surface area is 117 Å². The molecule has 2 unspecified atom stereocenters. The molecule has 1 saturated heterocycles. The van der Waals surface area contributed by atoms with Crippen LogP contribution in [0, 0.1) is 5.92 Å². The average molecular weight is 310 g/mol. The predicted molar refractivity (Wildman–Crippen MR) is 76.9 cm³/mol. The molecule has 2 atom stereocenters. The molecule has 0 radical (unpaired) electrons. The van der Waals surface area contributed by atoms with Crippen LogP contribution in [0.2, 0.25) is 0 Å². The number of hydrogen-bond acceptors (Lipinski definition) is 3. The Morgan fingerprint density at radius 2 is 1.94 bits per heavy atom. The second kappa shape index (κ2) is 4.80. The zero-order chi connectivity index (χ0) is 12.7. The van der Waals surface area contributed by atoms with Gasteiger partial charge in [0.1, 0.15) is 16.2 Å². The van der Waals surface area contributed by atoms with Crippen molar-refractivity contribution in [1.29, 1.82) is 0 Å². The Morgan fingerprint density at radius 3 is 2.67 bits per heavy atom. The maximum absolute atomic E-state index is 4.79. The number of halogens is 1. The van der Waals surface area contributed by atoms with E-state index in [4.69, 9.17) is 4.98 Å². The molecule has 3 nitrogen and oxygen atoms in total. The summed E-state index contributed by atoms with van der Waals surface area (Å²) in [6, 6.07) is 2.66. The molecular weight excluding hydrogens is 290 g/mol. The first kappa shape index (κ1) is 12.4. The molecular formula is C14H20BrN3. The van der Waals surface area contributed by atoms with E-state index in [-0.39, 0.29) is 0 Å². The lowest BCUT2D eigenvalue weighted by Crippen LogP contribution is -2.41. The molecule has 2 heterocycles. The van der Waals surface area contributed by atoms with E-state index >= 15 is 0 Å². The van der Waals surface area contributed by atoms with Gasteiger partial charge in [-0.05, 0) is 54.5 Å². The highest BCUT2D eigenvalue weighted by atomic mass is 79.9. The summed E-state index contributed by atoms with van der Waals surface area (Å²) in [5.41, 5.74) is 0. The summed E-state index contributed by atoms with van der Waals surface area (Å²) >= 11 is 3.53. The highest BCUT2D eigenvalue weighted by Crippen LogP contribution is 2.39. The van der Waals surface area contributed by atoms with Gasteiger partial charge >= 0.3 is 0 Å². The van der Waals surface area contributed by atoms with Crippen LogP contribution in [-0.2, 0) is 0 Å². The van der Waals surface area contributed by atoms with E-state index < -0.39 is 0 Å². The summed E-state index contributed by atoms with van der Waals surface area (Å²) in [6.45, 7) is 5.75. The van der Waals surface area contributed by atoms with Gasteiger partial charge in [-0.2, -0.15) is 0 Å². The molecule has 3 rings (SSSR count). The number of rotatable bonds is 2. The van der Waals surface area contributed by atoms with Gasteiger partial charge in [-0.3, -0.25) is 0 Å². The van der Waals surface area contributed by atoms with Crippen LogP contribution >= 0.6 is 15.9 Å². The van der Waals surface area contributed by atoms with E-state index in [1.807, 2.05) is 0 Å². The summed E-state index contributed by atoms with van der Waals surface area (Å²) in [6.07, 6.45) is 5.10. The van der Waals surface area contributed by atoms with Crippen LogP contribution in [0.15, 0.2) is 10.7 Å². The first-order valence-corrected chi connectivity index (χ1v) is 7.74. The molecule has 1 aliphatic heterocycles. The van der Waals surface area contributed by atoms with Gasteiger partial charge in [0.05, 0.1) is 0 Å². The SMILES string of the molecule is CC1CCC(C)N(c2cc(Br)nc(C3CC3)n2)C1. The van der Waals surface area contributed by atoms with E-state index in [0.29, 0.717) is 12.0 Å². The minimum absolute atomic E-state index is 0.593. The Hall–Kier alpha value is -0.640. The van der Waals surface area contributed by atoms with Gasteiger partial charge < -0.3 is 4.90 Å². The third kappa shape index (κ3) is 2.53. The van der Waals surface area contributed by atoms with Crippen molar-refractivity contribution in [3.05, 3.63) is 16.5 Å². The van der Waals surface area contributed by atoms with Gasteiger partial charge in [-0.25, -0.2) is 9.97 Å². The van der Waals surface area contributed by atoms with E-state index in [1.165, 1.54) is 25.7 Å². The van der Waals surface area contributed by atoms with Gasteiger partial charge in [0.2, 0.25) is 0 Å². The molecule has 4 heteroatoms. The molecule has 0 bridgehead atoms. The van der Waals surface area contributed by atoms with Crippen molar-refractivity contribution < 1.29 is 0 Å². The summed E-state index contributed by atoms with van der Waals surface area (Å²) in [5, 5.41) is 0. The lowest BCUT2D eigenvalue weighted by Gasteiger charge is -2.37. The van der Waals surface area contributed by atoms with Crippen LogP contribution < -0.4 is 4.90 Å². The normalized spacial score (nSPS) is 28.5. The topological polar surface area (TPSA) is 29.0 Å². The third-order valence-electron chi connectivity index (χ3n) is 4.05. The second-order valence-corrected chi connectivity index (χ2v) is 6.68. The lowest BCUT2D eigenvalue weighted by atomic mass is 9.95. The first-order valence-electron chi connectivity index (χ1n) is 6.94. The Balaban J connectivity index is 1.89. The van der Waals surface area contributed by atoms with Gasteiger partial charge in [-0.1, -0.05) is 6.92 Å². The molecule has 98 valence electrons. The second-order valence-electron chi connectivity index (χ2n) is 5.87. The van der Waals surface area contributed by atoms with Crippen LogP contribution in [0.5, 0.6) is 0 Å². The standard InChI is InChI=1S/C14H20BrN3/c1-9-3-4-10(2)18(8-9)13-7-12(15)16-14(17-13)11-5-6-11/h7,9-11H,3-6,8H2,1-2H3. The number of anilines is 1. The van der Waals surface area contributed by atoms with Crippen molar-refractivity contribution >= 4 is 21.7 Å². The van der Waals surface area contributed by atoms with Gasteiger partial charge in [0, 0.05) is 24.6 Å². The third-order valence-corrected chi connectivity index (χ3v) is 4.46. The van der Waals surface area contributed by atoms with E-state index in [9.17, 15) is 0 Å². The predicted octanol–water partition coefficient (Wildman–Crippen LogP) is 3.74. The Kier molecular flexibility index (Phi) is 3.31. The molecule has 0 N–H and O–H groups in total. The minimum atomic E-state index is 0.593. The van der Waals surface area contributed by atoms with Gasteiger partial charge in [0.15, 0.2) is 0 Å². The lowest BCUT2D eigenvalue weighted by molar-refractivity contribution is 0.387. The zero-order valence-electron chi connectivity index (χ0n) is 11.1. The maximum Gasteiger partial charge on any atom is 0.135 e. The van der Waals surface area contributed by atoms with Crippen LogP contribution in [0.25, 0.3) is 0 Å². The molecule has 1 aliphatic carbocycles. The Bertz CT molecular complexity index is 445. The average Bonchev–Trinajstić information content (AvgIpc) is 3.15. The van der Waals surface area contributed by atoms with Crippen LogP contribution in [-0.4, -0.2) is 22.6 Å². The molecule has 18 heavy (non-hydrogen) atoms. The number of aromatic nitrogens is 2. The van der Waals surface area contributed by atoms with Crippen molar-refractivity contribution in [3.8, 4) is 0 Å². The molecule has 0 spiro atoms. The van der Waals surface area contributed by atoms with Crippen molar-refractivity contribution in [2.45, 2.75) is 51.5 Å². The van der Waals surface area contributed by atoms with E-state index in [2.05, 4.69) is 45.7 Å². The summed E-state index contributed by atoms with van der Waals surface area (Å²) in [7, 11) is 0. The maximum atomic E-state index is 4.79. The first-order chi connectivity index (χ1) is 8.63. The Morgan fingerprint density at radius 1 is 1.17 bits per heavy atom. The molecule has 2 aliphatic rings. The van der Waals surface area contributed by atoms with Crippen molar-refractivity contribution in [2.75, 3.05) is 11.4 Å². The fourth-order valence-corrected chi connectivity index (χ4v) is 3.09.